The Hall–Kier alpha value is -2.28. The van der Waals surface area contributed by atoms with Crippen LogP contribution in [-0.2, 0) is 0 Å². The van der Waals surface area contributed by atoms with Gasteiger partial charge in [0.25, 0.3) is 5.69 Å². The zero-order valence-electron chi connectivity index (χ0n) is 9.53. The molecule has 0 fully saturated rings. The van der Waals surface area contributed by atoms with Crippen LogP contribution >= 0.6 is 11.3 Å². The van der Waals surface area contributed by atoms with E-state index in [0.717, 1.165) is 4.88 Å². The van der Waals surface area contributed by atoms with E-state index in [1.165, 1.54) is 22.8 Å². The third-order valence-electron chi connectivity index (χ3n) is 2.16. The van der Waals surface area contributed by atoms with Crippen LogP contribution in [0.4, 0.5) is 11.5 Å². The number of hydrazone groups is 1. The van der Waals surface area contributed by atoms with Crippen molar-refractivity contribution >= 4 is 28.6 Å². The van der Waals surface area contributed by atoms with Gasteiger partial charge in [0, 0.05) is 12.3 Å². The maximum Gasteiger partial charge on any atom is 0.280 e. The van der Waals surface area contributed by atoms with Crippen molar-refractivity contribution in [1.82, 2.24) is 4.98 Å². The van der Waals surface area contributed by atoms with Gasteiger partial charge in [-0.3, -0.25) is 15.5 Å². The van der Waals surface area contributed by atoms with E-state index in [4.69, 9.17) is 0 Å². The van der Waals surface area contributed by atoms with Crippen LogP contribution in [0.15, 0.2) is 40.9 Å². The molecular formula is C11H10N4O2S. The highest BCUT2D eigenvalue weighted by Crippen LogP contribution is 2.21. The molecule has 0 aliphatic rings. The fourth-order valence-corrected chi connectivity index (χ4v) is 2.04. The molecule has 0 amide bonds. The SMILES string of the molecule is C/C(=N\Nc1ccccn1)c1cc([N+](=O)[O-])cs1. The lowest BCUT2D eigenvalue weighted by molar-refractivity contribution is -0.384. The second-order valence-corrected chi connectivity index (χ2v) is 4.36. The minimum Gasteiger partial charge on any atom is -0.261 e. The third-order valence-corrected chi connectivity index (χ3v) is 3.18. The summed E-state index contributed by atoms with van der Waals surface area (Å²) in [6, 6.07) is 6.94. The minimum absolute atomic E-state index is 0.0855. The van der Waals surface area contributed by atoms with E-state index in [2.05, 4.69) is 15.5 Å². The number of rotatable bonds is 4. The Morgan fingerprint density at radius 3 is 3.00 bits per heavy atom. The molecule has 6 nitrogen and oxygen atoms in total. The molecule has 0 radical (unpaired) electrons. The van der Waals surface area contributed by atoms with Gasteiger partial charge in [0.05, 0.1) is 20.9 Å². The summed E-state index contributed by atoms with van der Waals surface area (Å²) < 4.78 is 0. The number of hydrogen-bond acceptors (Lipinski definition) is 6. The molecule has 18 heavy (non-hydrogen) atoms. The average Bonchev–Trinajstić information content (AvgIpc) is 2.87. The van der Waals surface area contributed by atoms with E-state index in [9.17, 15) is 10.1 Å². The van der Waals surface area contributed by atoms with Crippen molar-refractivity contribution in [2.24, 2.45) is 5.10 Å². The number of anilines is 1. The highest BCUT2D eigenvalue weighted by molar-refractivity contribution is 7.12. The molecule has 2 rings (SSSR count). The van der Waals surface area contributed by atoms with Crippen molar-refractivity contribution in [3.63, 3.8) is 0 Å². The van der Waals surface area contributed by atoms with Crippen LogP contribution in [-0.4, -0.2) is 15.6 Å². The van der Waals surface area contributed by atoms with E-state index in [1.54, 1.807) is 19.2 Å². The van der Waals surface area contributed by atoms with Crippen molar-refractivity contribution in [2.45, 2.75) is 6.92 Å². The molecule has 0 saturated carbocycles. The first-order valence-electron chi connectivity index (χ1n) is 5.11. The topological polar surface area (TPSA) is 80.4 Å². The Balaban J connectivity index is 2.10. The smallest absolute Gasteiger partial charge is 0.261 e. The van der Waals surface area contributed by atoms with Crippen molar-refractivity contribution in [3.8, 4) is 0 Å². The Bertz CT molecular complexity index is 580. The summed E-state index contributed by atoms with van der Waals surface area (Å²) in [5.74, 6) is 0.628. The molecule has 0 spiro atoms. The molecule has 92 valence electrons. The molecule has 0 atom stereocenters. The van der Waals surface area contributed by atoms with Gasteiger partial charge in [-0.2, -0.15) is 5.10 Å². The van der Waals surface area contributed by atoms with E-state index in [0.29, 0.717) is 11.5 Å². The number of hydrogen-bond donors (Lipinski definition) is 1. The Kier molecular flexibility index (Phi) is 3.63. The molecule has 0 aliphatic carbocycles. The Morgan fingerprint density at radius 1 is 1.56 bits per heavy atom. The average molecular weight is 262 g/mol. The van der Waals surface area contributed by atoms with E-state index >= 15 is 0 Å². The molecule has 2 aromatic rings. The predicted octanol–water partition coefficient (Wildman–Crippen LogP) is 2.89. The second kappa shape index (κ2) is 5.37. The molecule has 2 heterocycles. The van der Waals surface area contributed by atoms with Crippen molar-refractivity contribution in [2.75, 3.05) is 5.43 Å². The monoisotopic (exact) mass is 262 g/mol. The van der Waals surface area contributed by atoms with Crippen molar-refractivity contribution in [3.05, 3.63) is 50.8 Å². The molecule has 1 N–H and O–H groups in total. The highest BCUT2D eigenvalue weighted by atomic mass is 32.1. The molecule has 0 aromatic carbocycles. The third kappa shape index (κ3) is 2.89. The van der Waals surface area contributed by atoms with Crippen LogP contribution in [0.1, 0.15) is 11.8 Å². The van der Waals surface area contributed by atoms with Crippen LogP contribution in [0.5, 0.6) is 0 Å². The van der Waals surface area contributed by atoms with E-state index in [1.807, 2.05) is 12.1 Å². The molecule has 7 heteroatoms. The van der Waals surface area contributed by atoms with Crippen molar-refractivity contribution < 1.29 is 4.92 Å². The maximum atomic E-state index is 10.6. The number of nitrogens with one attached hydrogen (secondary N) is 1. The van der Waals surface area contributed by atoms with Crippen LogP contribution in [0.25, 0.3) is 0 Å². The van der Waals surface area contributed by atoms with Gasteiger partial charge >= 0.3 is 0 Å². The second-order valence-electron chi connectivity index (χ2n) is 3.45. The number of thiophene rings is 1. The zero-order chi connectivity index (χ0) is 13.0. The molecule has 0 unspecified atom stereocenters. The van der Waals surface area contributed by atoms with Gasteiger partial charge in [-0.25, -0.2) is 4.98 Å². The van der Waals surface area contributed by atoms with Crippen LogP contribution in [0.2, 0.25) is 0 Å². The first-order chi connectivity index (χ1) is 8.66. The normalized spacial score (nSPS) is 11.3. The standard InChI is InChI=1S/C11H10N4O2S/c1-8(10-6-9(7-18-10)15(16)17)13-14-11-4-2-3-5-12-11/h2-7H,1H3,(H,12,14)/b13-8+. The summed E-state index contributed by atoms with van der Waals surface area (Å²) in [4.78, 5) is 15.0. The summed E-state index contributed by atoms with van der Waals surface area (Å²) in [5.41, 5.74) is 3.56. The fraction of sp³-hybridized carbons (Fsp3) is 0.0909. The Labute approximate surface area is 107 Å². The maximum absolute atomic E-state index is 10.6. The minimum atomic E-state index is -0.417. The quantitative estimate of drug-likeness (QED) is 0.522. The van der Waals surface area contributed by atoms with Gasteiger partial charge in [-0.15, -0.1) is 11.3 Å². The predicted molar refractivity (Wildman–Crippen MR) is 71.0 cm³/mol. The number of nitro groups is 1. The molecular weight excluding hydrogens is 252 g/mol. The molecule has 2 aromatic heterocycles. The van der Waals surface area contributed by atoms with Gasteiger partial charge in [-0.1, -0.05) is 6.07 Å². The molecule has 0 bridgehead atoms. The number of pyridine rings is 1. The molecule has 0 aliphatic heterocycles. The highest BCUT2D eigenvalue weighted by Gasteiger charge is 2.10. The lowest BCUT2D eigenvalue weighted by Crippen LogP contribution is -1.98. The summed E-state index contributed by atoms with van der Waals surface area (Å²) >= 11 is 1.29. The Morgan fingerprint density at radius 2 is 2.39 bits per heavy atom. The largest absolute Gasteiger partial charge is 0.280 e. The lowest BCUT2D eigenvalue weighted by Gasteiger charge is -1.99. The molecule has 0 saturated heterocycles. The fourth-order valence-electron chi connectivity index (χ4n) is 1.24. The van der Waals surface area contributed by atoms with Gasteiger partial charge in [0.1, 0.15) is 5.82 Å². The lowest BCUT2D eigenvalue weighted by atomic mass is 10.3. The number of nitrogens with zero attached hydrogens (tertiary/aromatic N) is 3. The van der Waals surface area contributed by atoms with Crippen LogP contribution < -0.4 is 5.43 Å². The summed E-state index contributed by atoms with van der Waals surface area (Å²) in [6.45, 7) is 1.78. The van der Waals surface area contributed by atoms with Gasteiger partial charge in [0.2, 0.25) is 0 Å². The van der Waals surface area contributed by atoms with Gasteiger partial charge in [-0.05, 0) is 19.1 Å². The van der Waals surface area contributed by atoms with Gasteiger partial charge < -0.3 is 0 Å². The summed E-state index contributed by atoms with van der Waals surface area (Å²) in [6.07, 6.45) is 1.66. The zero-order valence-corrected chi connectivity index (χ0v) is 10.3. The van der Waals surface area contributed by atoms with Crippen LogP contribution in [0.3, 0.4) is 0 Å². The van der Waals surface area contributed by atoms with E-state index < -0.39 is 4.92 Å². The van der Waals surface area contributed by atoms with Crippen molar-refractivity contribution in [1.29, 1.82) is 0 Å². The van der Waals surface area contributed by atoms with Gasteiger partial charge in [0.15, 0.2) is 0 Å². The van der Waals surface area contributed by atoms with E-state index in [-0.39, 0.29) is 5.69 Å². The summed E-state index contributed by atoms with van der Waals surface area (Å²) in [5, 5.41) is 16.2. The first-order valence-corrected chi connectivity index (χ1v) is 5.99. The number of aromatic nitrogens is 1. The van der Waals surface area contributed by atoms with Crippen LogP contribution in [0, 0.1) is 10.1 Å². The first kappa shape index (κ1) is 12.2. The summed E-state index contributed by atoms with van der Waals surface area (Å²) in [7, 11) is 0.